The summed E-state index contributed by atoms with van der Waals surface area (Å²) in [5, 5.41) is 2.38. The third-order valence-electron chi connectivity index (χ3n) is 4.58. The lowest BCUT2D eigenvalue weighted by molar-refractivity contribution is 1.24. The smallest absolute Gasteiger partial charge is 0.0734 e. The SMILES string of the molecule is Cc1ccc2cc(-c3cc(C)c4nc(C)ccc4c3)cc(C)c2n1. The van der Waals surface area contributed by atoms with Gasteiger partial charge in [0.25, 0.3) is 0 Å². The van der Waals surface area contributed by atoms with Gasteiger partial charge in [-0.1, -0.05) is 12.1 Å². The van der Waals surface area contributed by atoms with E-state index >= 15 is 0 Å². The predicted molar refractivity (Wildman–Crippen MR) is 101 cm³/mol. The van der Waals surface area contributed by atoms with Crippen molar-refractivity contribution >= 4 is 21.8 Å². The van der Waals surface area contributed by atoms with E-state index in [4.69, 9.17) is 0 Å². The number of fused-ring (bicyclic) bond motifs is 2. The van der Waals surface area contributed by atoms with E-state index in [1.165, 1.54) is 33.0 Å². The molecule has 2 nitrogen and oxygen atoms in total. The number of pyridine rings is 2. The van der Waals surface area contributed by atoms with Crippen molar-refractivity contribution in [1.82, 2.24) is 9.97 Å². The maximum absolute atomic E-state index is 4.68. The Morgan fingerprint density at radius 1 is 0.542 bits per heavy atom. The second kappa shape index (κ2) is 5.41. The molecule has 2 heteroatoms. The van der Waals surface area contributed by atoms with E-state index in [9.17, 15) is 0 Å². The van der Waals surface area contributed by atoms with Crippen LogP contribution < -0.4 is 0 Å². The number of hydrogen-bond donors (Lipinski definition) is 0. The zero-order chi connectivity index (χ0) is 16.8. The zero-order valence-electron chi connectivity index (χ0n) is 14.5. The molecule has 0 radical (unpaired) electrons. The third kappa shape index (κ3) is 2.44. The van der Waals surface area contributed by atoms with Gasteiger partial charge in [0.1, 0.15) is 0 Å². The second-order valence-corrected chi connectivity index (χ2v) is 6.63. The summed E-state index contributed by atoms with van der Waals surface area (Å²) in [6.07, 6.45) is 0. The van der Waals surface area contributed by atoms with Crippen LogP contribution in [0.3, 0.4) is 0 Å². The number of hydrogen-bond acceptors (Lipinski definition) is 2. The van der Waals surface area contributed by atoms with Gasteiger partial charge >= 0.3 is 0 Å². The summed E-state index contributed by atoms with van der Waals surface area (Å²) in [7, 11) is 0. The fourth-order valence-electron chi connectivity index (χ4n) is 3.35. The molecular weight excluding hydrogens is 292 g/mol. The number of benzene rings is 2. The average molecular weight is 312 g/mol. The highest BCUT2D eigenvalue weighted by Crippen LogP contribution is 2.30. The minimum Gasteiger partial charge on any atom is -0.253 e. The highest BCUT2D eigenvalue weighted by atomic mass is 14.7. The largest absolute Gasteiger partial charge is 0.253 e. The number of aromatic nitrogens is 2. The number of aryl methyl sites for hydroxylation is 4. The van der Waals surface area contributed by atoms with Gasteiger partial charge in [-0.15, -0.1) is 0 Å². The van der Waals surface area contributed by atoms with Gasteiger partial charge in [0, 0.05) is 22.2 Å². The van der Waals surface area contributed by atoms with E-state index in [2.05, 4.69) is 72.3 Å². The zero-order valence-corrected chi connectivity index (χ0v) is 14.5. The van der Waals surface area contributed by atoms with Crippen molar-refractivity contribution in [3.63, 3.8) is 0 Å². The van der Waals surface area contributed by atoms with Gasteiger partial charge < -0.3 is 0 Å². The van der Waals surface area contributed by atoms with Gasteiger partial charge in [0.05, 0.1) is 11.0 Å². The molecular formula is C22H20N2. The highest BCUT2D eigenvalue weighted by Gasteiger charge is 2.08. The lowest BCUT2D eigenvalue weighted by atomic mass is 9.96. The molecule has 0 aliphatic rings. The molecule has 0 amide bonds. The second-order valence-electron chi connectivity index (χ2n) is 6.63. The van der Waals surface area contributed by atoms with Crippen molar-refractivity contribution in [3.05, 3.63) is 71.0 Å². The summed E-state index contributed by atoms with van der Waals surface area (Å²) in [4.78, 5) is 9.35. The Kier molecular flexibility index (Phi) is 3.34. The molecule has 4 aromatic rings. The summed E-state index contributed by atoms with van der Waals surface area (Å²) in [6, 6.07) is 17.4. The van der Waals surface area contributed by atoms with E-state index in [0.717, 1.165) is 22.4 Å². The Morgan fingerprint density at radius 2 is 0.958 bits per heavy atom. The monoisotopic (exact) mass is 312 g/mol. The minimum atomic E-state index is 1.06. The molecule has 0 spiro atoms. The fraction of sp³-hybridized carbons (Fsp3) is 0.182. The minimum absolute atomic E-state index is 1.06. The standard InChI is InChI=1S/C22H20N2/c1-13-9-19(11-17-7-5-15(3)23-21(13)17)20-10-14(2)22-18(12-20)8-6-16(4)24-22/h5-12H,1-4H3. The van der Waals surface area contributed by atoms with E-state index in [1.54, 1.807) is 0 Å². The molecule has 4 rings (SSSR count). The first kappa shape index (κ1) is 14.8. The van der Waals surface area contributed by atoms with Gasteiger partial charge in [-0.3, -0.25) is 9.97 Å². The number of rotatable bonds is 1. The molecule has 2 aromatic carbocycles. The van der Waals surface area contributed by atoms with Crippen molar-refractivity contribution in [1.29, 1.82) is 0 Å². The van der Waals surface area contributed by atoms with Crippen LogP contribution in [0.25, 0.3) is 32.9 Å². The molecule has 24 heavy (non-hydrogen) atoms. The lowest BCUT2D eigenvalue weighted by Crippen LogP contribution is -1.91. The first-order valence-electron chi connectivity index (χ1n) is 8.28. The lowest BCUT2D eigenvalue weighted by Gasteiger charge is -2.11. The number of nitrogens with zero attached hydrogens (tertiary/aromatic N) is 2. The Balaban J connectivity index is 1.95. The van der Waals surface area contributed by atoms with Crippen LogP contribution in [0.5, 0.6) is 0 Å². The van der Waals surface area contributed by atoms with E-state index < -0.39 is 0 Å². The first-order valence-corrected chi connectivity index (χ1v) is 8.28. The molecule has 2 aromatic heterocycles. The Morgan fingerprint density at radius 3 is 1.38 bits per heavy atom. The summed E-state index contributed by atoms with van der Waals surface area (Å²) >= 11 is 0. The average Bonchev–Trinajstić information content (AvgIpc) is 2.56. The topological polar surface area (TPSA) is 25.8 Å². The summed E-state index contributed by atoms with van der Waals surface area (Å²) < 4.78 is 0. The van der Waals surface area contributed by atoms with E-state index in [0.29, 0.717) is 0 Å². The van der Waals surface area contributed by atoms with Crippen LogP contribution in [-0.2, 0) is 0 Å². The summed E-state index contributed by atoms with van der Waals surface area (Å²) in [5.74, 6) is 0. The van der Waals surface area contributed by atoms with Gasteiger partial charge in [-0.05, 0) is 86.3 Å². The van der Waals surface area contributed by atoms with Gasteiger partial charge in [0.2, 0.25) is 0 Å². The van der Waals surface area contributed by atoms with Crippen LogP contribution >= 0.6 is 0 Å². The van der Waals surface area contributed by atoms with Crippen LogP contribution in [0.4, 0.5) is 0 Å². The van der Waals surface area contributed by atoms with E-state index in [1.807, 2.05) is 13.8 Å². The predicted octanol–water partition coefficient (Wildman–Crippen LogP) is 5.68. The molecule has 0 saturated heterocycles. The van der Waals surface area contributed by atoms with Crippen molar-refractivity contribution in [2.45, 2.75) is 27.7 Å². The molecule has 0 fully saturated rings. The molecule has 0 saturated carbocycles. The molecule has 118 valence electrons. The molecule has 0 N–H and O–H groups in total. The van der Waals surface area contributed by atoms with Gasteiger partial charge in [0.15, 0.2) is 0 Å². The molecule has 0 unspecified atom stereocenters. The van der Waals surface area contributed by atoms with Crippen LogP contribution in [0, 0.1) is 27.7 Å². The van der Waals surface area contributed by atoms with Crippen molar-refractivity contribution in [2.24, 2.45) is 0 Å². The van der Waals surface area contributed by atoms with Crippen LogP contribution in [0.15, 0.2) is 48.5 Å². The summed E-state index contributed by atoms with van der Waals surface area (Å²) in [5.41, 5.74) is 9.19. The Labute approximate surface area is 142 Å². The molecule has 0 atom stereocenters. The van der Waals surface area contributed by atoms with Crippen molar-refractivity contribution < 1.29 is 0 Å². The van der Waals surface area contributed by atoms with E-state index in [-0.39, 0.29) is 0 Å². The van der Waals surface area contributed by atoms with Gasteiger partial charge in [-0.2, -0.15) is 0 Å². The fourth-order valence-corrected chi connectivity index (χ4v) is 3.35. The third-order valence-corrected chi connectivity index (χ3v) is 4.58. The maximum atomic E-state index is 4.68. The van der Waals surface area contributed by atoms with Crippen LogP contribution in [0.2, 0.25) is 0 Å². The van der Waals surface area contributed by atoms with Gasteiger partial charge in [-0.25, -0.2) is 0 Å². The van der Waals surface area contributed by atoms with Crippen LogP contribution in [0.1, 0.15) is 22.5 Å². The Hall–Kier alpha value is -2.74. The highest BCUT2D eigenvalue weighted by molar-refractivity contribution is 5.91. The maximum Gasteiger partial charge on any atom is 0.0734 e. The van der Waals surface area contributed by atoms with Crippen molar-refractivity contribution in [2.75, 3.05) is 0 Å². The van der Waals surface area contributed by atoms with Crippen molar-refractivity contribution in [3.8, 4) is 11.1 Å². The molecule has 0 aliphatic carbocycles. The molecule has 0 bridgehead atoms. The molecule has 2 heterocycles. The Bertz CT molecular complexity index is 1000. The molecule has 0 aliphatic heterocycles. The normalized spacial score (nSPS) is 11.3. The van der Waals surface area contributed by atoms with Crippen LogP contribution in [-0.4, -0.2) is 9.97 Å². The first-order chi connectivity index (χ1) is 11.5. The summed E-state index contributed by atoms with van der Waals surface area (Å²) in [6.45, 7) is 8.34. The quantitative estimate of drug-likeness (QED) is 0.451.